The van der Waals surface area contributed by atoms with Crippen molar-refractivity contribution in [3.8, 4) is 0 Å². The fourth-order valence-electron chi connectivity index (χ4n) is 17.3. The molecule has 18 atom stereocenters. The van der Waals surface area contributed by atoms with Crippen molar-refractivity contribution in [2.24, 2.45) is 108 Å². The van der Waals surface area contributed by atoms with Gasteiger partial charge in [0.1, 0.15) is 53.5 Å². The molecule has 10 rings (SSSR count). The Morgan fingerprint density at radius 2 is 0.692 bits per heavy atom. The van der Waals surface area contributed by atoms with Crippen molar-refractivity contribution in [1.82, 2.24) is 40.9 Å². The zero-order valence-electron chi connectivity index (χ0n) is 68.0. The summed E-state index contributed by atoms with van der Waals surface area (Å²) in [6, 6.07) is -4.73. The normalized spacial score (nSPS) is 30.6. The third-order valence-electron chi connectivity index (χ3n) is 24.2. The second kappa shape index (κ2) is 31.3. The summed E-state index contributed by atoms with van der Waals surface area (Å²) >= 11 is 0. The molecule has 0 aromatic carbocycles. The van der Waals surface area contributed by atoms with Crippen LogP contribution in [0.1, 0.15) is 173 Å². The molecule has 29 heteroatoms. The number of nitrogens with two attached hydrogens (primary N) is 1. The highest BCUT2D eigenvalue weighted by atomic mass is 35.5. The summed E-state index contributed by atoms with van der Waals surface area (Å²) in [6.07, 6.45) is -1.07. The van der Waals surface area contributed by atoms with Crippen molar-refractivity contribution < 1.29 is 85.9 Å². The maximum atomic E-state index is 13.3. The predicted octanol–water partition coefficient (Wildman–Crippen LogP) is 7.88. The molecule has 5 saturated carbocycles. The molecule has 10 unspecified atom stereocenters. The van der Waals surface area contributed by atoms with Crippen molar-refractivity contribution >= 4 is 90.6 Å². The van der Waals surface area contributed by atoms with Gasteiger partial charge in [-0.2, -0.15) is 0 Å². The molecule has 10 aliphatic rings. The first-order valence-electron chi connectivity index (χ1n) is 36.1. The van der Waals surface area contributed by atoms with Gasteiger partial charge in [-0.25, -0.2) is 33.6 Å². The van der Waals surface area contributed by atoms with Crippen LogP contribution in [0, 0.1) is 102 Å². The van der Waals surface area contributed by atoms with Crippen LogP contribution in [0.2, 0.25) is 0 Å². The van der Waals surface area contributed by atoms with E-state index in [2.05, 4.69) is 90.5 Å². The number of carbonyl (C=O) groups is 11. The maximum Gasteiger partial charge on any atom is 0.411 e. The van der Waals surface area contributed by atoms with Crippen molar-refractivity contribution in [1.29, 1.82) is 0 Å². The van der Waals surface area contributed by atoms with Gasteiger partial charge in [-0.15, -0.1) is 24.8 Å². The molecular weight excluding hydrogens is 1390 g/mol. The molecule has 6 N–H and O–H groups in total. The van der Waals surface area contributed by atoms with E-state index >= 15 is 0 Å². The zero-order chi connectivity index (χ0) is 78.4. The van der Waals surface area contributed by atoms with E-state index in [9.17, 15) is 52.7 Å². The number of hydrogen-bond acceptors (Lipinski definition) is 20. The summed E-state index contributed by atoms with van der Waals surface area (Å²) in [4.78, 5) is 142. The van der Waals surface area contributed by atoms with Crippen LogP contribution in [0.25, 0.3) is 0 Å². The topological polar surface area (TPSA) is 339 Å². The fraction of sp³-hybridized carbons (Fsp3) is 0.853. The first-order chi connectivity index (χ1) is 46.3. The number of carbonyl (C=O) groups excluding carboxylic acids is 11. The summed E-state index contributed by atoms with van der Waals surface area (Å²) in [5.74, 6) is 0.906. The van der Waals surface area contributed by atoms with Gasteiger partial charge in [-0.05, 0) is 127 Å². The first-order valence-corrected chi connectivity index (χ1v) is 36.1. The Morgan fingerprint density at radius 3 is 0.962 bits per heavy atom. The molecule has 104 heavy (non-hydrogen) atoms. The van der Waals surface area contributed by atoms with Crippen LogP contribution >= 0.6 is 24.8 Å². The van der Waals surface area contributed by atoms with Gasteiger partial charge in [0.05, 0.1) is 41.6 Å². The van der Waals surface area contributed by atoms with Crippen LogP contribution < -0.4 is 27.0 Å². The number of amides is 7. The average Bonchev–Trinajstić information content (AvgIpc) is 1.55. The number of urea groups is 1. The lowest BCUT2D eigenvalue weighted by atomic mass is 9.85. The lowest BCUT2D eigenvalue weighted by Gasteiger charge is -2.37. The highest BCUT2D eigenvalue weighted by Crippen LogP contribution is 2.68. The van der Waals surface area contributed by atoms with Gasteiger partial charge in [-0.1, -0.05) is 132 Å². The van der Waals surface area contributed by atoms with E-state index in [1.165, 1.54) is 47.5 Å². The van der Waals surface area contributed by atoms with E-state index in [0.29, 0.717) is 61.2 Å². The van der Waals surface area contributed by atoms with Gasteiger partial charge in [0.25, 0.3) is 0 Å². The number of nitrogens with zero attached hydrogens (tertiary/aromatic N) is 4. The third kappa shape index (κ3) is 18.4. The van der Waals surface area contributed by atoms with Crippen molar-refractivity contribution in [3.05, 3.63) is 0 Å². The highest BCUT2D eigenvalue weighted by Gasteiger charge is 2.74. The van der Waals surface area contributed by atoms with E-state index in [-0.39, 0.29) is 129 Å². The number of piperidine rings is 5. The Bertz CT molecular complexity index is 3220. The number of ether oxygens (including phenoxy) is 7. The van der Waals surface area contributed by atoms with Gasteiger partial charge in [0.15, 0.2) is 0 Å². The van der Waals surface area contributed by atoms with E-state index in [4.69, 9.17) is 38.9 Å². The largest absolute Gasteiger partial charge is 0.468 e. The van der Waals surface area contributed by atoms with Crippen molar-refractivity contribution in [2.45, 2.75) is 233 Å². The standard InChI is InChI=1S/C20H34N2O5.C17H29N3O4.C15H26N2O3.C14H23NO4.C9H15NO2.2ClH/c1-18(2,3)14(21-17(25)27-19(4,5)6)15(23)22-10-11-12(20(11,7)8)13(22)16(24)26-9;1-16(2,3)12(19-15(23)18-6)13(21)20-8-9-10(17(9,4)5)11(20)14(22)24-7;1-14(2,3)11(16)12(18)17-7-8-9(15(8,4)5)10(17)13(19)20-6;1-13(2,3)19-12(17)15-7-8-9(14(8,4)5)10(15)11(16)18-6;1-9(2)5-4-10-7(6(5)9)8(11)12-3;;/h11-14H,10H2,1-9H3,(H,21,25);9-12H,8H2,1-7H3,(H2,18,19,23);8-11H,7,16H2,1-6H3;8-10H,7H2,1-6H3;5-7,10H,4H2,1-3H3;2*1H/t11?,12?,13-,14+;9?,10?,11-,12+;8?,9?,10-,11+;8?,9?,10-;5?,6?,7-;;/m00000../s1. The number of halogens is 2. The average molecular weight is 1520 g/mol. The minimum Gasteiger partial charge on any atom is -0.468 e. The summed E-state index contributed by atoms with van der Waals surface area (Å²) in [6.45, 7) is 52.5. The Balaban J connectivity index is 0.000000279. The molecule has 596 valence electrons. The van der Waals surface area contributed by atoms with E-state index < -0.39 is 88.5 Å². The second-order valence-corrected chi connectivity index (χ2v) is 38.0. The Hall–Kier alpha value is -5.93. The molecule has 0 radical (unpaired) electrons. The Kier molecular flexibility index (Phi) is 27.3. The summed E-state index contributed by atoms with van der Waals surface area (Å²) in [5, 5.41) is 11.1. The number of esters is 5. The van der Waals surface area contributed by atoms with E-state index in [1.807, 2.05) is 83.1 Å². The third-order valence-corrected chi connectivity index (χ3v) is 24.2. The number of alkyl carbamates (subject to hydrolysis) is 1. The molecule has 5 aliphatic heterocycles. The molecule has 7 amide bonds. The molecule has 0 aromatic heterocycles. The molecule has 10 fully saturated rings. The molecule has 0 bridgehead atoms. The molecular formula is C75H129Cl2N9O18. The van der Waals surface area contributed by atoms with Crippen LogP contribution in [0.5, 0.6) is 0 Å². The van der Waals surface area contributed by atoms with Gasteiger partial charge in [0.2, 0.25) is 17.7 Å². The quantitative estimate of drug-likeness (QED) is 0.102. The Morgan fingerprint density at radius 1 is 0.404 bits per heavy atom. The van der Waals surface area contributed by atoms with Gasteiger partial charge >= 0.3 is 48.1 Å². The SMILES string of the molecule is CNC(=O)N[C@H](C(=O)N1CC2C([C@H]1C(=O)OC)C2(C)C)C(C)(C)C.COC(=O)[C@@H]1C2C(CN1C(=O)OC(C)(C)C)C2(C)C.COC(=O)[C@@H]1C2C(CN1C(=O)[C@@H](N)C(C)(C)C)C2(C)C.COC(=O)[C@@H]1C2C(CN1C(=O)[C@@H](NC(=O)OC(C)(C)C)C(C)(C)C)C2(C)C.COC(=O)[C@H]1NCC2C1C2(C)C.Cl.Cl. The van der Waals surface area contributed by atoms with Crippen molar-refractivity contribution in [2.75, 3.05) is 75.3 Å². The molecule has 0 aromatic rings. The summed E-state index contributed by atoms with van der Waals surface area (Å²) < 4.78 is 35.1. The van der Waals surface area contributed by atoms with Crippen LogP contribution in [0.15, 0.2) is 0 Å². The molecule has 5 heterocycles. The lowest BCUT2D eigenvalue weighted by molar-refractivity contribution is -0.154. The zero-order valence-corrected chi connectivity index (χ0v) is 69.6. The smallest absolute Gasteiger partial charge is 0.411 e. The Labute approximate surface area is 630 Å². The predicted molar refractivity (Wildman–Crippen MR) is 394 cm³/mol. The highest BCUT2D eigenvalue weighted by molar-refractivity contribution is 5.94. The van der Waals surface area contributed by atoms with Gasteiger partial charge in [-0.3, -0.25) is 24.1 Å². The first kappa shape index (κ1) is 90.5. The molecule has 0 spiro atoms. The number of fused-ring (bicyclic) bond motifs is 5. The summed E-state index contributed by atoms with van der Waals surface area (Å²) in [7, 11) is 8.37. The maximum absolute atomic E-state index is 13.3. The minimum absolute atomic E-state index is 0. The van der Waals surface area contributed by atoms with E-state index in [0.717, 1.165) is 6.54 Å². The summed E-state index contributed by atoms with van der Waals surface area (Å²) in [5.41, 5.74) is 4.13. The van der Waals surface area contributed by atoms with Crippen molar-refractivity contribution in [3.63, 3.8) is 0 Å². The fourth-order valence-corrected chi connectivity index (χ4v) is 17.3. The van der Waals surface area contributed by atoms with E-state index in [1.54, 1.807) is 35.5 Å². The van der Waals surface area contributed by atoms with Crippen LogP contribution in [0.4, 0.5) is 14.4 Å². The number of rotatable bonds is 10. The monoisotopic (exact) mass is 1510 g/mol. The molecule has 27 nitrogen and oxygen atoms in total. The van der Waals surface area contributed by atoms with Gasteiger partial charge in [0, 0.05) is 56.9 Å². The second-order valence-electron chi connectivity index (χ2n) is 38.0. The number of hydrogen-bond donors (Lipinski definition) is 5. The number of likely N-dealkylation sites (tertiary alicyclic amines) is 4. The number of methoxy groups -OCH3 is 5. The van der Waals surface area contributed by atoms with Crippen LogP contribution in [0.3, 0.4) is 0 Å². The van der Waals surface area contributed by atoms with Crippen LogP contribution in [-0.4, -0.2) is 220 Å². The number of nitrogens with one attached hydrogen (secondary N) is 4. The van der Waals surface area contributed by atoms with Gasteiger partial charge < -0.3 is 74.9 Å². The molecule has 5 aliphatic carbocycles. The molecule has 5 saturated heterocycles. The lowest BCUT2D eigenvalue weighted by Crippen LogP contribution is -2.59. The minimum atomic E-state index is -0.805. The van der Waals surface area contributed by atoms with Crippen LogP contribution in [-0.2, 0) is 71.5 Å².